The normalized spacial score (nSPS) is 10.4. The molecule has 0 unspecified atom stereocenters. The molecular weight excluding hydrogens is 409 g/mol. The molecule has 0 aliphatic heterocycles. The summed E-state index contributed by atoms with van der Waals surface area (Å²) in [5.41, 5.74) is 7.25. The fraction of sp³-hybridized carbons (Fsp3) is 0.0714. The van der Waals surface area contributed by atoms with Crippen molar-refractivity contribution in [2.75, 3.05) is 7.11 Å². The molecule has 2 aromatic carbocycles. The highest BCUT2D eigenvalue weighted by molar-refractivity contribution is 9.11. The van der Waals surface area contributed by atoms with E-state index in [9.17, 15) is 4.79 Å². The number of rotatable bonds is 3. The summed E-state index contributed by atoms with van der Waals surface area (Å²) in [6.45, 7) is 0. The molecule has 0 atom stereocenters. The molecular formula is C14H10Br2ClNO2. The van der Waals surface area contributed by atoms with Gasteiger partial charge in [0.2, 0.25) is 0 Å². The molecule has 1 amide bonds. The Bertz CT molecular complexity index is 689. The van der Waals surface area contributed by atoms with Gasteiger partial charge in [0.1, 0.15) is 5.75 Å². The number of ether oxygens (including phenoxy) is 1. The molecule has 2 rings (SSSR count). The first kappa shape index (κ1) is 15.4. The Balaban J connectivity index is 2.74. The van der Waals surface area contributed by atoms with E-state index < -0.39 is 5.91 Å². The van der Waals surface area contributed by atoms with E-state index in [1.807, 2.05) is 18.2 Å². The lowest BCUT2D eigenvalue weighted by atomic mass is 10.0. The Morgan fingerprint density at radius 2 is 1.90 bits per heavy atom. The highest BCUT2D eigenvalue weighted by atomic mass is 79.9. The molecule has 0 heterocycles. The summed E-state index contributed by atoms with van der Waals surface area (Å²) in [6, 6.07) is 8.93. The van der Waals surface area contributed by atoms with Crippen molar-refractivity contribution in [2.45, 2.75) is 0 Å². The number of hydrogen-bond donors (Lipinski definition) is 1. The molecule has 6 heteroatoms. The fourth-order valence-corrected chi connectivity index (χ4v) is 3.22. The first-order valence-corrected chi connectivity index (χ1v) is 7.54. The van der Waals surface area contributed by atoms with Gasteiger partial charge in [-0.25, -0.2) is 0 Å². The molecule has 0 fully saturated rings. The summed E-state index contributed by atoms with van der Waals surface area (Å²) < 4.78 is 6.83. The minimum Gasteiger partial charge on any atom is -0.495 e. The average Bonchev–Trinajstić information content (AvgIpc) is 2.44. The number of hydrogen-bond acceptors (Lipinski definition) is 2. The van der Waals surface area contributed by atoms with Crippen LogP contribution in [0.3, 0.4) is 0 Å². The fourth-order valence-electron chi connectivity index (χ4n) is 1.90. The zero-order valence-corrected chi connectivity index (χ0v) is 14.3. The van der Waals surface area contributed by atoms with Gasteiger partial charge in [0.05, 0.1) is 17.7 Å². The first-order valence-electron chi connectivity index (χ1n) is 5.58. The predicted molar refractivity (Wildman–Crippen MR) is 87.4 cm³/mol. The van der Waals surface area contributed by atoms with Crippen LogP contribution in [0.15, 0.2) is 39.3 Å². The van der Waals surface area contributed by atoms with E-state index in [2.05, 4.69) is 31.9 Å². The Morgan fingerprint density at radius 1 is 1.20 bits per heavy atom. The summed E-state index contributed by atoms with van der Waals surface area (Å²) >= 11 is 13.0. The van der Waals surface area contributed by atoms with E-state index in [0.717, 1.165) is 15.6 Å². The third-order valence-corrected chi connectivity index (χ3v) is 5.14. The molecule has 0 bridgehead atoms. The summed E-state index contributed by atoms with van der Waals surface area (Å²) in [5, 5.41) is 0.550. The van der Waals surface area contributed by atoms with E-state index in [1.165, 1.54) is 7.11 Å². The summed E-state index contributed by atoms with van der Waals surface area (Å²) in [5.74, 6) is -0.109. The average molecular weight is 420 g/mol. The number of halogens is 3. The third-order valence-electron chi connectivity index (χ3n) is 2.81. The zero-order chi connectivity index (χ0) is 14.9. The van der Waals surface area contributed by atoms with Crippen molar-refractivity contribution in [2.24, 2.45) is 5.73 Å². The van der Waals surface area contributed by atoms with Gasteiger partial charge in [-0.2, -0.15) is 0 Å². The molecule has 20 heavy (non-hydrogen) atoms. The largest absolute Gasteiger partial charge is 0.495 e. The molecule has 3 nitrogen and oxygen atoms in total. The van der Waals surface area contributed by atoms with Gasteiger partial charge in [0, 0.05) is 20.1 Å². The van der Waals surface area contributed by atoms with Gasteiger partial charge in [-0.05, 0) is 44.0 Å². The van der Waals surface area contributed by atoms with Crippen LogP contribution in [0.25, 0.3) is 11.1 Å². The molecule has 0 aliphatic rings. The third kappa shape index (κ3) is 2.71. The van der Waals surface area contributed by atoms with Crippen molar-refractivity contribution in [1.82, 2.24) is 0 Å². The lowest BCUT2D eigenvalue weighted by Gasteiger charge is -2.14. The van der Waals surface area contributed by atoms with Crippen molar-refractivity contribution in [3.05, 3.63) is 49.9 Å². The zero-order valence-electron chi connectivity index (χ0n) is 10.4. The number of benzene rings is 2. The van der Waals surface area contributed by atoms with Crippen molar-refractivity contribution in [1.29, 1.82) is 0 Å². The van der Waals surface area contributed by atoms with E-state index in [0.29, 0.717) is 20.8 Å². The van der Waals surface area contributed by atoms with Gasteiger partial charge in [-0.15, -0.1) is 0 Å². The standard InChI is InChI=1S/C14H10Br2ClNO2/c1-20-13-8(3-2-4-9(13)14(18)19)7-5-6-10(15)12(17)11(7)16/h2-6H,1H3,(H2,18,19). The van der Waals surface area contributed by atoms with E-state index >= 15 is 0 Å². The quantitative estimate of drug-likeness (QED) is 0.737. The lowest BCUT2D eigenvalue weighted by Crippen LogP contribution is -2.12. The smallest absolute Gasteiger partial charge is 0.252 e. The van der Waals surface area contributed by atoms with Crippen LogP contribution in [0.1, 0.15) is 10.4 Å². The maximum absolute atomic E-state index is 11.5. The van der Waals surface area contributed by atoms with Crippen molar-refractivity contribution in [3.63, 3.8) is 0 Å². The van der Waals surface area contributed by atoms with Crippen LogP contribution in [-0.2, 0) is 0 Å². The van der Waals surface area contributed by atoms with E-state index in [4.69, 9.17) is 22.1 Å². The molecule has 0 aromatic heterocycles. The molecule has 2 N–H and O–H groups in total. The Kier molecular flexibility index (Phi) is 4.73. The number of carbonyl (C=O) groups is 1. The van der Waals surface area contributed by atoms with Gasteiger partial charge >= 0.3 is 0 Å². The summed E-state index contributed by atoms with van der Waals surface area (Å²) in [6.07, 6.45) is 0. The summed E-state index contributed by atoms with van der Waals surface area (Å²) in [7, 11) is 1.50. The first-order chi connectivity index (χ1) is 9.47. The minimum absolute atomic E-state index is 0.330. The number of para-hydroxylation sites is 1. The maximum atomic E-state index is 11.5. The van der Waals surface area contributed by atoms with Crippen LogP contribution in [0.5, 0.6) is 5.75 Å². The van der Waals surface area contributed by atoms with Gasteiger partial charge in [0.15, 0.2) is 0 Å². The number of carbonyl (C=O) groups excluding carboxylic acids is 1. The van der Waals surface area contributed by atoms with Crippen LogP contribution in [0.2, 0.25) is 5.02 Å². The Hall–Kier alpha value is -1.04. The second kappa shape index (κ2) is 6.16. The van der Waals surface area contributed by atoms with Crippen LogP contribution in [-0.4, -0.2) is 13.0 Å². The predicted octanol–water partition coefficient (Wildman–Crippen LogP) is 4.64. The van der Waals surface area contributed by atoms with Crippen LogP contribution < -0.4 is 10.5 Å². The van der Waals surface area contributed by atoms with E-state index in [1.54, 1.807) is 12.1 Å². The molecule has 104 valence electrons. The molecule has 0 spiro atoms. The highest BCUT2D eigenvalue weighted by Gasteiger charge is 2.18. The topological polar surface area (TPSA) is 52.3 Å². The number of primary amides is 1. The van der Waals surface area contributed by atoms with Crippen LogP contribution in [0, 0.1) is 0 Å². The van der Waals surface area contributed by atoms with Gasteiger partial charge in [-0.3, -0.25) is 4.79 Å². The summed E-state index contributed by atoms with van der Waals surface area (Å²) in [4.78, 5) is 11.5. The number of methoxy groups -OCH3 is 1. The second-order valence-electron chi connectivity index (χ2n) is 3.97. The van der Waals surface area contributed by atoms with Gasteiger partial charge in [0.25, 0.3) is 5.91 Å². The minimum atomic E-state index is -0.539. The molecule has 0 saturated heterocycles. The molecule has 0 saturated carbocycles. The number of nitrogens with two attached hydrogens (primary N) is 1. The number of amides is 1. The molecule has 2 aromatic rings. The maximum Gasteiger partial charge on any atom is 0.252 e. The molecule has 0 aliphatic carbocycles. The lowest BCUT2D eigenvalue weighted by molar-refractivity contribution is 0.0997. The van der Waals surface area contributed by atoms with Crippen LogP contribution in [0.4, 0.5) is 0 Å². The SMILES string of the molecule is COc1c(C(N)=O)cccc1-c1ccc(Br)c(Cl)c1Br. The van der Waals surface area contributed by atoms with Gasteiger partial charge < -0.3 is 10.5 Å². The Morgan fingerprint density at radius 3 is 2.50 bits per heavy atom. The monoisotopic (exact) mass is 417 g/mol. The highest BCUT2D eigenvalue weighted by Crippen LogP contribution is 2.42. The van der Waals surface area contributed by atoms with Gasteiger partial charge in [-0.1, -0.05) is 29.8 Å². The van der Waals surface area contributed by atoms with Crippen molar-refractivity contribution >= 4 is 49.4 Å². The Labute approximate surface area is 138 Å². The van der Waals surface area contributed by atoms with Crippen LogP contribution >= 0.6 is 43.5 Å². The van der Waals surface area contributed by atoms with Crippen molar-refractivity contribution in [3.8, 4) is 16.9 Å². The van der Waals surface area contributed by atoms with E-state index in [-0.39, 0.29) is 0 Å². The van der Waals surface area contributed by atoms with Crippen molar-refractivity contribution < 1.29 is 9.53 Å². The second-order valence-corrected chi connectivity index (χ2v) is 6.00. The molecule has 0 radical (unpaired) electrons.